The first kappa shape index (κ1) is 14.3. The second-order valence-corrected chi connectivity index (χ2v) is 3.97. The molecule has 0 spiro atoms. The van der Waals surface area contributed by atoms with Gasteiger partial charge in [-0.05, 0) is 26.8 Å². The van der Waals surface area contributed by atoms with Gasteiger partial charge in [0.25, 0.3) is 5.56 Å². The van der Waals surface area contributed by atoms with Crippen molar-refractivity contribution in [2.24, 2.45) is 10.7 Å². The zero-order chi connectivity index (χ0) is 13.5. The number of hydrogen-bond donors (Lipinski definition) is 1. The molecule has 100 valence electrons. The summed E-state index contributed by atoms with van der Waals surface area (Å²) in [5, 5.41) is 0. The summed E-state index contributed by atoms with van der Waals surface area (Å²) in [6.07, 6.45) is 1.78. The average Bonchev–Trinajstić information content (AvgIpc) is 2.39. The van der Waals surface area contributed by atoms with E-state index >= 15 is 0 Å². The standard InChI is InChI=1S/C13H22N4O/c1-4-16(5-2)13(14)15-10-11-8-7-9-17(6-3)12(11)18/h7-9H,4-6,10H2,1-3H3,(H2,14,15). The third-order valence-corrected chi connectivity index (χ3v) is 2.94. The van der Waals surface area contributed by atoms with Crippen molar-refractivity contribution in [3.63, 3.8) is 0 Å². The van der Waals surface area contributed by atoms with Gasteiger partial charge in [0.2, 0.25) is 0 Å². The van der Waals surface area contributed by atoms with Crippen LogP contribution >= 0.6 is 0 Å². The van der Waals surface area contributed by atoms with Gasteiger partial charge in [0.15, 0.2) is 5.96 Å². The van der Waals surface area contributed by atoms with Crippen LogP contribution in [0.5, 0.6) is 0 Å². The Morgan fingerprint density at radius 2 is 2.06 bits per heavy atom. The summed E-state index contributed by atoms with van der Waals surface area (Å²) in [4.78, 5) is 18.2. The SMILES string of the molecule is CCN(CC)C(N)=NCc1cccn(CC)c1=O. The normalized spacial score (nSPS) is 11.6. The molecule has 0 unspecified atom stereocenters. The lowest BCUT2D eigenvalue weighted by Gasteiger charge is -2.19. The Kier molecular flexibility index (Phi) is 5.42. The molecule has 0 aromatic carbocycles. The Balaban J connectivity index is 2.86. The fourth-order valence-corrected chi connectivity index (χ4v) is 1.77. The lowest BCUT2D eigenvalue weighted by atomic mass is 10.3. The van der Waals surface area contributed by atoms with Gasteiger partial charge in [-0.2, -0.15) is 0 Å². The highest BCUT2D eigenvalue weighted by atomic mass is 16.1. The summed E-state index contributed by atoms with van der Waals surface area (Å²) in [6, 6.07) is 3.66. The fraction of sp³-hybridized carbons (Fsp3) is 0.538. The van der Waals surface area contributed by atoms with Gasteiger partial charge in [-0.15, -0.1) is 0 Å². The van der Waals surface area contributed by atoms with Crippen LogP contribution in [0.2, 0.25) is 0 Å². The molecule has 0 bridgehead atoms. The molecule has 0 saturated carbocycles. The van der Waals surface area contributed by atoms with Gasteiger partial charge in [0.1, 0.15) is 0 Å². The monoisotopic (exact) mass is 250 g/mol. The molecule has 2 N–H and O–H groups in total. The summed E-state index contributed by atoms with van der Waals surface area (Å²) in [6.45, 7) is 8.64. The van der Waals surface area contributed by atoms with Crippen LogP contribution in [-0.2, 0) is 13.1 Å². The molecule has 0 aliphatic rings. The number of nitrogens with two attached hydrogens (primary N) is 1. The van der Waals surface area contributed by atoms with Crippen LogP contribution < -0.4 is 11.3 Å². The van der Waals surface area contributed by atoms with Gasteiger partial charge in [-0.1, -0.05) is 6.07 Å². The van der Waals surface area contributed by atoms with Crippen LogP contribution in [0.3, 0.4) is 0 Å². The molecular weight excluding hydrogens is 228 g/mol. The molecule has 1 aromatic heterocycles. The van der Waals surface area contributed by atoms with Crippen molar-refractivity contribution in [1.29, 1.82) is 0 Å². The van der Waals surface area contributed by atoms with Crippen molar-refractivity contribution >= 4 is 5.96 Å². The number of aromatic nitrogens is 1. The van der Waals surface area contributed by atoms with Crippen molar-refractivity contribution in [2.75, 3.05) is 13.1 Å². The number of hydrogen-bond acceptors (Lipinski definition) is 2. The second-order valence-electron chi connectivity index (χ2n) is 3.97. The van der Waals surface area contributed by atoms with Crippen molar-refractivity contribution in [2.45, 2.75) is 33.9 Å². The number of guanidine groups is 1. The Labute approximate surface area is 108 Å². The van der Waals surface area contributed by atoms with E-state index in [-0.39, 0.29) is 5.56 Å². The number of pyridine rings is 1. The highest BCUT2D eigenvalue weighted by Gasteiger charge is 2.04. The Bertz CT molecular complexity index is 460. The summed E-state index contributed by atoms with van der Waals surface area (Å²) >= 11 is 0. The van der Waals surface area contributed by atoms with E-state index in [1.54, 1.807) is 16.8 Å². The van der Waals surface area contributed by atoms with Crippen LogP contribution in [0.1, 0.15) is 26.3 Å². The minimum atomic E-state index is 0.0103. The minimum absolute atomic E-state index is 0.0103. The zero-order valence-corrected chi connectivity index (χ0v) is 11.4. The molecule has 5 heteroatoms. The third-order valence-electron chi connectivity index (χ3n) is 2.94. The number of aryl methyl sites for hydroxylation is 1. The molecule has 0 amide bonds. The molecule has 0 saturated heterocycles. The van der Waals surface area contributed by atoms with E-state index < -0.39 is 0 Å². The Hall–Kier alpha value is -1.78. The van der Waals surface area contributed by atoms with Gasteiger partial charge in [-0.25, -0.2) is 4.99 Å². The minimum Gasteiger partial charge on any atom is -0.370 e. The van der Waals surface area contributed by atoms with Gasteiger partial charge >= 0.3 is 0 Å². The lowest BCUT2D eigenvalue weighted by molar-refractivity contribution is 0.458. The molecule has 0 fully saturated rings. The predicted octanol–water partition coefficient (Wildman–Crippen LogP) is 1.02. The van der Waals surface area contributed by atoms with Crippen molar-refractivity contribution in [3.8, 4) is 0 Å². The smallest absolute Gasteiger partial charge is 0.255 e. The van der Waals surface area contributed by atoms with Crippen LogP contribution in [0, 0.1) is 0 Å². The Morgan fingerprint density at radius 1 is 1.39 bits per heavy atom. The van der Waals surface area contributed by atoms with Crippen molar-refractivity contribution < 1.29 is 0 Å². The number of aliphatic imine (C=N–C) groups is 1. The summed E-state index contributed by atoms with van der Waals surface area (Å²) in [5.41, 5.74) is 6.56. The molecule has 1 heterocycles. The zero-order valence-electron chi connectivity index (χ0n) is 11.4. The molecule has 1 rings (SSSR count). The van der Waals surface area contributed by atoms with Crippen LogP contribution in [0.15, 0.2) is 28.1 Å². The molecule has 1 aromatic rings. The number of rotatable bonds is 5. The second kappa shape index (κ2) is 6.83. The van der Waals surface area contributed by atoms with Gasteiger partial charge in [0.05, 0.1) is 6.54 Å². The molecule has 18 heavy (non-hydrogen) atoms. The summed E-state index contributed by atoms with van der Waals surface area (Å²) in [5.74, 6) is 0.492. The quantitative estimate of drug-likeness (QED) is 0.627. The molecular formula is C13H22N4O. The van der Waals surface area contributed by atoms with Crippen molar-refractivity contribution in [1.82, 2.24) is 9.47 Å². The van der Waals surface area contributed by atoms with E-state index in [9.17, 15) is 4.79 Å². The van der Waals surface area contributed by atoms with Gasteiger partial charge < -0.3 is 15.2 Å². The fourth-order valence-electron chi connectivity index (χ4n) is 1.77. The van der Waals surface area contributed by atoms with Gasteiger partial charge in [0, 0.05) is 31.4 Å². The molecule has 0 radical (unpaired) electrons. The highest BCUT2D eigenvalue weighted by Crippen LogP contribution is 1.96. The highest BCUT2D eigenvalue weighted by molar-refractivity contribution is 5.77. The molecule has 0 aliphatic heterocycles. The van der Waals surface area contributed by atoms with E-state index in [1.165, 1.54) is 0 Å². The number of nitrogens with zero attached hydrogens (tertiary/aromatic N) is 3. The Morgan fingerprint density at radius 3 is 2.61 bits per heavy atom. The van der Waals surface area contributed by atoms with Gasteiger partial charge in [-0.3, -0.25) is 4.79 Å². The van der Waals surface area contributed by atoms with Crippen molar-refractivity contribution in [3.05, 3.63) is 34.2 Å². The predicted molar refractivity (Wildman–Crippen MR) is 74.6 cm³/mol. The van der Waals surface area contributed by atoms with Crippen LogP contribution in [-0.4, -0.2) is 28.5 Å². The van der Waals surface area contributed by atoms with E-state index in [0.717, 1.165) is 13.1 Å². The van der Waals surface area contributed by atoms with E-state index in [1.807, 2.05) is 31.7 Å². The largest absolute Gasteiger partial charge is 0.370 e. The van der Waals surface area contributed by atoms with Crippen LogP contribution in [0.25, 0.3) is 0 Å². The first-order chi connectivity index (χ1) is 8.63. The molecule has 0 atom stereocenters. The topological polar surface area (TPSA) is 63.6 Å². The first-order valence-electron chi connectivity index (χ1n) is 6.37. The summed E-state index contributed by atoms with van der Waals surface area (Å²) < 4.78 is 1.67. The van der Waals surface area contributed by atoms with E-state index in [0.29, 0.717) is 24.6 Å². The molecule has 0 aliphatic carbocycles. The molecule has 5 nitrogen and oxygen atoms in total. The maximum absolute atomic E-state index is 12.0. The third kappa shape index (κ3) is 3.35. The summed E-state index contributed by atoms with van der Waals surface area (Å²) in [7, 11) is 0. The maximum Gasteiger partial charge on any atom is 0.255 e. The maximum atomic E-state index is 12.0. The first-order valence-corrected chi connectivity index (χ1v) is 6.37. The van der Waals surface area contributed by atoms with E-state index in [4.69, 9.17) is 5.73 Å². The lowest BCUT2D eigenvalue weighted by Crippen LogP contribution is -2.37. The van der Waals surface area contributed by atoms with Crippen LogP contribution in [0.4, 0.5) is 0 Å². The average molecular weight is 250 g/mol. The van der Waals surface area contributed by atoms with E-state index in [2.05, 4.69) is 4.99 Å².